The third-order valence-electron chi connectivity index (χ3n) is 4.53. The lowest BCUT2D eigenvalue weighted by molar-refractivity contribution is -0.119. The SMILES string of the molecule is O=C(Nc1nnc(C2CC2)s1)[C@H]1CCCN1S(=O)(=O)c1ccccc1F. The molecule has 1 saturated carbocycles. The first-order valence-corrected chi connectivity index (χ1v) is 10.6. The van der Waals surface area contributed by atoms with Crippen molar-refractivity contribution in [2.75, 3.05) is 11.9 Å². The van der Waals surface area contributed by atoms with Gasteiger partial charge in [-0.15, -0.1) is 10.2 Å². The van der Waals surface area contributed by atoms with Gasteiger partial charge in [0.25, 0.3) is 0 Å². The highest BCUT2D eigenvalue weighted by Gasteiger charge is 2.40. The van der Waals surface area contributed by atoms with E-state index >= 15 is 0 Å². The van der Waals surface area contributed by atoms with Crippen molar-refractivity contribution in [2.45, 2.75) is 42.5 Å². The molecule has 2 aromatic rings. The fourth-order valence-electron chi connectivity index (χ4n) is 3.04. The molecule has 26 heavy (non-hydrogen) atoms. The summed E-state index contributed by atoms with van der Waals surface area (Å²) in [6.45, 7) is 0.179. The summed E-state index contributed by atoms with van der Waals surface area (Å²) in [5.74, 6) is -0.847. The minimum Gasteiger partial charge on any atom is -0.299 e. The average molecular weight is 396 g/mol. The zero-order chi connectivity index (χ0) is 18.3. The van der Waals surface area contributed by atoms with E-state index in [1.807, 2.05) is 0 Å². The van der Waals surface area contributed by atoms with Crippen LogP contribution in [0.4, 0.5) is 9.52 Å². The number of hydrogen-bond donors (Lipinski definition) is 1. The number of hydrogen-bond acceptors (Lipinski definition) is 6. The maximum absolute atomic E-state index is 14.0. The van der Waals surface area contributed by atoms with E-state index in [1.54, 1.807) is 0 Å². The van der Waals surface area contributed by atoms with E-state index in [9.17, 15) is 17.6 Å². The average Bonchev–Trinajstić information content (AvgIpc) is 3.15. The number of carbonyl (C=O) groups excluding carboxylic acids is 1. The van der Waals surface area contributed by atoms with Crippen molar-refractivity contribution in [1.82, 2.24) is 14.5 Å². The molecule has 0 radical (unpaired) electrons. The van der Waals surface area contributed by atoms with Gasteiger partial charge in [0.2, 0.25) is 21.1 Å². The van der Waals surface area contributed by atoms with Gasteiger partial charge in [0.1, 0.15) is 21.8 Å². The molecule has 2 fully saturated rings. The highest BCUT2D eigenvalue weighted by Crippen LogP contribution is 2.42. The van der Waals surface area contributed by atoms with Gasteiger partial charge >= 0.3 is 0 Å². The van der Waals surface area contributed by atoms with E-state index in [4.69, 9.17) is 0 Å². The van der Waals surface area contributed by atoms with Crippen LogP contribution < -0.4 is 5.32 Å². The smallest absolute Gasteiger partial charge is 0.246 e. The second kappa shape index (κ2) is 6.67. The summed E-state index contributed by atoms with van der Waals surface area (Å²) in [6, 6.07) is 4.31. The van der Waals surface area contributed by atoms with Gasteiger partial charge in [-0.25, -0.2) is 12.8 Å². The van der Waals surface area contributed by atoms with Crippen LogP contribution in [0.1, 0.15) is 36.6 Å². The summed E-state index contributed by atoms with van der Waals surface area (Å²) in [5, 5.41) is 11.9. The van der Waals surface area contributed by atoms with E-state index in [1.165, 1.54) is 29.5 Å². The molecule has 2 heterocycles. The Morgan fingerprint density at radius 3 is 2.73 bits per heavy atom. The van der Waals surface area contributed by atoms with E-state index in [2.05, 4.69) is 15.5 Å². The highest BCUT2D eigenvalue weighted by atomic mass is 32.2. The number of halogens is 1. The molecule has 7 nitrogen and oxygen atoms in total. The molecule has 1 aromatic carbocycles. The number of anilines is 1. The molecule has 0 unspecified atom stereocenters. The Hall–Kier alpha value is -1.91. The monoisotopic (exact) mass is 396 g/mol. The van der Waals surface area contributed by atoms with Gasteiger partial charge in [0, 0.05) is 12.5 Å². The Bertz CT molecular complexity index is 942. The van der Waals surface area contributed by atoms with Crippen molar-refractivity contribution >= 4 is 32.4 Å². The van der Waals surface area contributed by atoms with Gasteiger partial charge < -0.3 is 0 Å². The first-order chi connectivity index (χ1) is 12.5. The van der Waals surface area contributed by atoms with Crippen molar-refractivity contribution in [3.05, 3.63) is 35.1 Å². The second-order valence-electron chi connectivity index (χ2n) is 6.41. The van der Waals surface area contributed by atoms with E-state index < -0.39 is 32.7 Å². The van der Waals surface area contributed by atoms with Crippen molar-refractivity contribution in [2.24, 2.45) is 0 Å². The van der Waals surface area contributed by atoms with Crippen LogP contribution in [-0.2, 0) is 14.8 Å². The lowest BCUT2D eigenvalue weighted by Gasteiger charge is -2.23. The molecule has 2 aliphatic rings. The quantitative estimate of drug-likeness (QED) is 0.838. The van der Waals surface area contributed by atoms with E-state index in [-0.39, 0.29) is 6.54 Å². The van der Waals surface area contributed by atoms with E-state index in [0.29, 0.717) is 23.9 Å². The number of sulfonamides is 1. The lowest BCUT2D eigenvalue weighted by atomic mass is 10.2. The summed E-state index contributed by atoms with van der Waals surface area (Å²) in [4.78, 5) is 12.2. The minimum absolute atomic E-state index is 0.179. The van der Waals surface area contributed by atoms with Crippen molar-refractivity contribution in [3.63, 3.8) is 0 Å². The predicted molar refractivity (Wildman–Crippen MR) is 93.8 cm³/mol. The van der Waals surface area contributed by atoms with Gasteiger partial charge in [-0.2, -0.15) is 4.31 Å². The Kier molecular flexibility index (Phi) is 4.49. The molecule has 1 atom stereocenters. The molecule has 1 aromatic heterocycles. The Labute approximate surface area is 154 Å². The van der Waals surface area contributed by atoms with Crippen LogP contribution in [0, 0.1) is 5.82 Å². The zero-order valence-corrected chi connectivity index (χ0v) is 15.4. The van der Waals surface area contributed by atoms with Gasteiger partial charge in [0.15, 0.2) is 0 Å². The highest BCUT2D eigenvalue weighted by molar-refractivity contribution is 7.89. The fourth-order valence-corrected chi connectivity index (χ4v) is 5.68. The van der Waals surface area contributed by atoms with Crippen molar-refractivity contribution in [1.29, 1.82) is 0 Å². The number of amides is 1. The number of nitrogens with one attached hydrogen (secondary N) is 1. The van der Waals surface area contributed by atoms with Crippen LogP contribution >= 0.6 is 11.3 Å². The standard InChI is InChI=1S/C16H17FN4O3S2/c17-11-4-1-2-6-13(11)26(23,24)21-9-3-5-12(21)14(22)18-16-20-19-15(25-16)10-7-8-10/h1-2,4,6,10,12H,3,5,7-9H2,(H,18,20,22)/t12-/m1/s1. The maximum atomic E-state index is 14.0. The zero-order valence-electron chi connectivity index (χ0n) is 13.8. The van der Waals surface area contributed by atoms with Crippen LogP contribution in [0.2, 0.25) is 0 Å². The molecule has 10 heteroatoms. The third kappa shape index (κ3) is 3.24. The molecule has 0 bridgehead atoms. The van der Waals surface area contributed by atoms with Crippen LogP contribution in [-0.4, -0.2) is 41.4 Å². The van der Waals surface area contributed by atoms with Crippen LogP contribution in [0.3, 0.4) is 0 Å². The normalized spacial score (nSPS) is 21.0. The van der Waals surface area contributed by atoms with Gasteiger partial charge in [-0.05, 0) is 37.8 Å². The summed E-state index contributed by atoms with van der Waals surface area (Å²) >= 11 is 1.32. The molecular weight excluding hydrogens is 379 g/mol. The van der Waals surface area contributed by atoms with Gasteiger partial charge in [-0.3, -0.25) is 10.1 Å². The molecule has 138 valence electrons. The maximum Gasteiger partial charge on any atom is 0.246 e. The molecule has 1 saturated heterocycles. The van der Waals surface area contributed by atoms with Crippen molar-refractivity contribution < 1.29 is 17.6 Å². The van der Waals surface area contributed by atoms with Crippen molar-refractivity contribution in [3.8, 4) is 0 Å². The number of carbonyl (C=O) groups is 1. The number of aromatic nitrogens is 2. The van der Waals surface area contributed by atoms with Gasteiger partial charge in [-0.1, -0.05) is 23.5 Å². The molecule has 0 spiro atoms. The summed E-state index contributed by atoms with van der Waals surface area (Å²) in [7, 11) is -4.09. The number of rotatable bonds is 5. The molecule has 1 N–H and O–H groups in total. The second-order valence-corrected chi connectivity index (χ2v) is 9.28. The number of nitrogens with zero attached hydrogens (tertiary/aromatic N) is 3. The van der Waals surface area contributed by atoms with Crippen LogP contribution in [0.25, 0.3) is 0 Å². The first kappa shape index (κ1) is 17.5. The third-order valence-corrected chi connectivity index (χ3v) is 7.47. The summed E-state index contributed by atoms with van der Waals surface area (Å²) < 4.78 is 40.7. The fraction of sp³-hybridized carbons (Fsp3) is 0.438. The largest absolute Gasteiger partial charge is 0.299 e. The van der Waals surface area contributed by atoms with Crippen LogP contribution in [0.5, 0.6) is 0 Å². The van der Waals surface area contributed by atoms with Crippen LogP contribution in [0.15, 0.2) is 29.2 Å². The first-order valence-electron chi connectivity index (χ1n) is 8.37. The number of benzene rings is 1. The topological polar surface area (TPSA) is 92.3 Å². The van der Waals surface area contributed by atoms with E-state index in [0.717, 1.165) is 28.2 Å². The Morgan fingerprint density at radius 2 is 2.00 bits per heavy atom. The minimum atomic E-state index is -4.09. The molecule has 1 aliphatic heterocycles. The summed E-state index contributed by atoms with van der Waals surface area (Å²) in [5.41, 5.74) is 0. The Balaban J connectivity index is 1.53. The van der Waals surface area contributed by atoms with Gasteiger partial charge in [0.05, 0.1) is 0 Å². The molecule has 1 amide bonds. The molecular formula is C16H17FN4O3S2. The lowest BCUT2D eigenvalue weighted by Crippen LogP contribution is -2.43. The Morgan fingerprint density at radius 1 is 1.23 bits per heavy atom. The molecule has 4 rings (SSSR count). The molecule has 1 aliphatic carbocycles. The predicted octanol–water partition coefficient (Wildman–Crippen LogP) is 2.35. The summed E-state index contributed by atoms with van der Waals surface area (Å²) in [6.07, 6.45) is 3.09.